The van der Waals surface area contributed by atoms with Gasteiger partial charge >= 0.3 is 5.97 Å². The summed E-state index contributed by atoms with van der Waals surface area (Å²) in [4.78, 5) is 40.2. The molecule has 0 saturated carbocycles. The van der Waals surface area contributed by atoms with Crippen LogP contribution in [0.2, 0.25) is 0 Å². The van der Waals surface area contributed by atoms with Gasteiger partial charge < -0.3 is 9.84 Å². The molecule has 2 rings (SSSR count). The number of carboxylic acids is 1. The van der Waals surface area contributed by atoms with Crippen LogP contribution in [0.3, 0.4) is 0 Å². The fraction of sp³-hybridized carbons (Fsp3) is 0.125. The monoisotopic (exact) mass is 362 g/mol. The lowest BCUT2D eigenvalue weighted by molar-refractivity contribution is -0.385. The molecule has 0 amide bonds. The number of hydrogen-bond donors (Lipinski definition) is 1. The van der Waals surface area contributed by atoms with Crippen LogP contribution in [0.5, 0.6) is 0 Å². The number of rotatable bonds is 6. The molecule has 1 N–H and O–H groups in total. The average molecular weight is 362 g/mol. The molecule has 0 aliphatic rings. The Hall–Kier alpha value is -3.66. The second-order valence-corrected chi connectivity index (χ2v) is 4.77. The van der Waals surface area contributed by atoms with E-state index in [2.05, 4.69) is 0 Å². The predicted molar refractivity (Wildman–Crippen MR) is 89.0 cm³/mol. The molecule has 0 spiro atoms. The summed E-state index contributed by atoms with van der Waals surface area (Å²) in [5, 5.41) is 29.2. The molecule has 2 aromatic carbocycles. The first-order valence-electron chi connectivity index (χ1n) is 6.99. The van der Waals surface area contributed by atoms with Gasteiger partial charge in [0, 0.05) is 36.9 Å². The first-order valence-corrected chi connectivity index (χ1v) is 6.99. The highest BCUT2D eigenvalue weighted by Crippen LogP contribution is 2.20. The van der Waals surface area contributed by atoms with E-state index in [0.717, 1.165) is 0 Å². The quantitative estimate of drug-likeness (QED) is 0.468. The summed E-state index contributed by atoms with van der Waals surface area (Å²) >= 11 is 0. The molecule has 0 aliphatic heterocycles. The van der Waals surface area contributed by atoms with Crippen LogP contribution in [-0.4, -0.2) is 34.3 Å². The Morgan fingerprint density at radius 3 is 1.73 bits per heavy atom. The molecule has 0 fully saturated rings. The molecule has 10 heteroatoms. The number of aldehydes is 1. The van der Waals surface area contributed by atoms with E-state index in [1.807, 2.05) is 0 Å². The number of hydrogen-bond acceptors (Lipinski definition) is 7. The predicted octanol–water partition coefficient (Wildman–Crippen LogP) is 2.77. The van der Waals surface area contributed by atoms with Crippen molar-refractivity contribution in [2.75, 3.05) is 7.11 Å². The van der Waals surface area contributed by atoms with E-state index in [0.29, 0.717) is 17.4 Å². The fourth-order valence-electron chi connectivity index (χ4n) is 1.82. The zero-order valence-corrected chi connectivity index (χ0v) is 13.5. The minimum absolute atomic E-state index is 0.00407. The molecular weight excluding hydrogens is 348 g/mol. The number of benzene rings is 2. The average Bonchev–Trinajstić information content (AvgIpc) is 2.63. The number of carbonyl (C=O) groups excluding carboxylic acids is 1. The van der Waals surface area contributed by atoms with E-state index in [4.69, 9.17) is 9.84 Å². The van der Waals surface area contributed by atoms with Gasteiger partial charge in [-0.2, -0.15) is 0 Å². The number of aliphatic carboxylic acids is 1. The number of non-ortho nitro benzene ring substituents is 2. The van der Waals surface area contributed by atoms with Crippen LogP contribution < -0.4 is 0 Å². The van der Waals surface area contributed by atoms with Gasteiger partial charge in [-0.25, -0.2) is 4.79 Å². The van der Waals surface area contributed by atoms with Gasteiger partial charge in [-0.3, -0.25) is 25.0 Å². The summed E-state index contributed by atoms with van der Waals surface area (Å²) < 4.78 is 4.73. The number of methoxy groups -OCH3 is 1. The first-order chi connectivity index (χ1) is 12.3. The Labute approximate surface area is 146 Å². The minimum atomic E-state index is -1.13. The van der Waals surface area contributed by atoms with Crippen molar-refractivity contribution in [1.82, 2.24) is 0 Å². The number of ether oxygens (including phenoxy) is 1. The van der Waals surface area contributed by atoms with E-state index in [1.54, 1.807) is 0 Å². The second kappa shape index (κ2) is 9.59. The van der Waals surface area contributed by atoms with E-state index in [1.165, 1.54) is 55.6 Å². The molecule has 0 radical (unpaired) electrons. The van der Waals surface area contributed by atoms with E-state index in [-0.39, 0.29) is 11.4 Å². The molecule has 0 aromatic heterocycles. The van der Waals surface area contributed by atoms with Crippen molar-refractivity contribution >= 4 is 23.6 Å². The van der Waals surface area contributed by atoms with Gasteiger partial charge in [-0.05, 0) is 29.8 Å². The largest absolute Gasteiger partial charge is 0.479 e. The van der Waals surface area contributed by atoms with Crippen LogP contribution in [0.15, 0.2) is 48.5 Å². The van der Waals surface area contributed by atoms with Gasteiger partial charge in [0.2, 0.25) is 0 Å². The highest BCUT2D eigenvalue weighted by molar-refractivity contribution is 5.75. The topological polar surface area (TPSA) is 150 Å². The molecule has 2 aromatic rings. The molecule has 0 aliphatic carbocycles. The maximum Gasteiger partial charge on any atom is 0.337 e. The molecule has 0 heterocycles. The minimum Gasteiger partial charge on any atom is -0.479 e. The summed E-state index contributed by atoms with van der Waals surface area (Å²) in [6, 6.07) is 10.6. The van der Waals surface area contributed by atoms with Crippen molar-refractivity contribution in [2.24, 2.45) is 0 Å². The van der Waals surface area contributed by atoms with E-state index < -0.39 is 21.9 Å². The van der Waals surface area contributed by atoms with Gasteiger partial charge in [-0.1, -0.05) is 0 Å². The summed E-state index contributed by atoms with van der Waals surface area (Å²) in [5.41, 5.74) is 0.723. The molecule has 0 bridgehead atoms. The zero-order valence-electron chi connectivity index (χ0n) is 13.5. The summed E-state index contributed by atoms with van der Waals surface area (Å²) in [6.45, 7) is 0. The summed E-state index contributed by atoms with van der Waals surface area (Å²) in [7, 11) is 1.26. The summed E-state index contributed by atoms with van der Waals surface area (Å²) in [5.74, 6) is -1.13. The van der Waals surface area contributed by atoms with Crippen LogP contribution in [-0.2, 0) is 9.53 Å². The maximum absolute atomic E-state index is 10.7. The van der Waals surface area contributed by atoms with Crippen LogP contribution in [0.1, 0.15) is 22.0 Å². The van der Waals surface area contributed by atoms with Crippen LogP contribution in [0, 0.1) is 20.2 Å². The number of nitrogens with zero attached hydrogens (tertiary/aromatic N) is 2. The van der Waals surface area contributed by atoms with E-state index in [9.17, 15) is 29.8 Å². The molecule has 1 unspecified atom stereocenters. The Kier molecular flexibility index (Phi) is 7.52. The highest BCUT2D eigenvalue weighted by Gasteiger charge is 2.19. The number of carboxylic acid groups (broad SMARTS) is 1. The van der Waals surface area contributed by atoms with E-state index >= 15 is 0 Å². The molecular formula is C16H14N2O8. The third-order valence-corrected chi connectivity index (χ3v) is 3.11. The number of carbonyl (C=O) groups is 2. The second-order valence-electron chi connectivity index (χ2n) is 4.77. The Morgan fingerprint density at radius 1 is 1.00 bits per heavy atom. The SMILES string of the molecule is COC(C(=O)O)c1ccc([N+](=O)[O-])cc1.O=Cc1ccc([N+](=O)[O-])cc1. The van der Waals surface area contributed by atoms with Crippen LogP contribution in [0.25, 0.3) is 0 Å². The lowest BCUT2D eigenvalue weighted by Gasteiger charge is -2.09. The standard InChI is InChI=1S/C9H9NO5.C7H5NO3/c1-15-8(9(11)12)6-2-4-7(5-3-6)10(13)14;9-5-6-1-3-7(4-2-6)8(10)11/h2-5,8H,1H3,(H,11,12);1-5H. The maximum atomic E-state index is 10.7. The third kappa shape index (κ3) is 5.76. The van der Waals surface area contributed by atoms with Crippen molar-refractivity contribution < 1.29 is 29.3 Å². The Balaban J connectivity index is 0.000000273. The Morgan fingerprint density at radius 2 is 1.42 bits per heavy atom. The molecule has 26 heavy (non-hydrogen) atoms. The van der Waals surface area contributed by atoms with Crippen molar-refractivity contribution in [3.05, 3.63) is 79.9 Å². The lowest BCUT2D eigenvalue weighted by Crippen LogP contribution is -2.13. The summed E-state index contributed by atoms with van der Waals surface area (Å²) in [6.07, 6.45) is -0.449. The van der Waals surface area contributed by atoms with Crippen molar-refractivity contribution in [1.29, 1.82) is 0 Å². The van der Waals surface area contributed by atoms with Crippen molar-refractivity contribution in [3.8, 4) is 0 Å². The van der Waals surface area contributed by atoms with Crippen LogP contribution >= 0.6 is 0 Å². The van der Waals surface area contributed by atoms with Gasteiger partial charge in [0.05, 0.1) is 9.85 Å². The van der Waals surface area contributed by atoms with Crippen molar-refractivity contribution in [3.63, 3.8) is 0 Å². The lowest BCUT2D eigenvalue weighted by atomic mass is 10.1. The van der Waals surface area contributed by atoms with Gasteiger partial charge in [0.15, 0.2) is 6.10 Å². The van der Waals surface area contributed by atoms with Crippen molar-refractivity contribution in [2.45, 2.75) is 6.10 Å². The zero-order chi connectivity index (χ0) is 19.7. The normalized spacial score (nSPS) is 10.8. The van der Waals surface area contributed by atoms with Gasteiger partial charge in [0.25, 0.3) is 11.4 Å². The molecule has 136 valence electrons. The molecule has 10 nitrogen and oxygen atoms in total. The smallest absolute Gasteiger partial charge is 0.337 e. The van der Waals surface area contributed by atoms with Crippen LogP contribution in [0.4, 0.5) is 11.4 Å². The number of nitro groups is 2. The first kappa shape index (κ1) is 20.4. The van der Waals surface area contributed by atoms with Gasteiger partial charge in [-0.15, -0.1) is 0 Å². The fourth-order valence-corrected chi connectivity index (χ4v) is 1.82. The highest BCUT2D eigenvalue weighted by atomic mass is 16.6. The third-order valence-electron chi connectivity index (χ3n) is 3.11. The number of nitro benzene ring substituents is 2. The molecule has 0 saturated heterocycles. The molecule has 1 atom stereocenters. The van der Waals surface area contributed by atoms with Gasteiger partial charge in [0.1, 0.15) is 6.29 Å². The Bertz CT molecular complexity index is 787.